The number of aromatic nitrogens is 3. The van der Waals surface area contributed by atoms with Gasteiger partial charge in [0, 0.05) is 48.6 Å². The SMILES string of the molecule is C=CC(=O)Nc1cccc(-n2ccc(=O)c3cnc(Nc4ccc(N5CCOCC5)c(F)c4)nc32)c1. The Balaban J connectivity index is 1.47. The van der Waals surface area contributed by atoms with Gasteiger partial charge >= 0.3 is 0 Å². The molecule has 36 heavy (non-hydrogen) atoms. The number of rotatable bonds is 6. The summed E-state index contributed by atoms with van der Waals surface area (Å²) in [6.45, 7) is 5.85. The predicted molar refractivity (Wildman–Crippen MR) is 137 cm³/mol. The fourth-order valence-electron chi connectivity index (χ4n) is 4.00. The van der Waals surface area contributed by atoms with E-state index >= 15 is 0 Å². The second-order valence-corrected chi connectivity index (χ2v) is 8.12. The van der Waals surface area contributed by atoms with E-state index in [1.807, 2.05) is 11.0 Å². The molecule has 1 fully saturated rings. The lowest BCUT2D eigenvalue weighted by molar-refractivity contribution is -0.111. The van der Waals surface area contributed by atoms with E-state index in [1.165, 1.54) is 24.4 Å². The Kier molecular flexibility index (Phi) is 6.42. The molecule has 0 bridgehead atoms. The molecule has 0 saturated carbocycles. The topological polar surface area (TPSA) is 101 Å². The molecule has 0 radical (unpaired) electrons. The minimum absolute atomic E-state index is 0.205. The number of benzene rings is 2. The molecule has 9 nitrogen and oxygen atoms in total. The number of hydrogen-bond donors (Lipinski definition) is 2. The van der Waals surface area contributed by atoms with Crippen LogP contribution in [0, 0.1) is 5.82 Å². The molecule has 2 aromatic carbocycles. The van der Waals surface area contributed by atoms with Crippen molar-refractivity contribution in [1.82, 2.24) is 14.5 Å². The Labute approximate surface area is 205 Å². The van der Waals surface area contributed by atoms with Crippen molar-refractivity contribution in [2.75, 3.05) is 41.8 Å². The van der Waals surface area contributed by atoms with Crippen molar-refractivity contribution in [2.24, 2.45) is 0 Å². The molecule has 2 aromatic heterocycles. The van der Waals surface area contributed by atoms with E-state index < -0.39 is 0 Å². The van der Waals surface area contributed by atoms with Crippen LogP contribution in [0.1, 0.15) is 0 Å². The Hall–Kier alpha value is -4.57. The molecular formula is C26H23FN6O3. The van der Waals surface area contributed by atoms with Gasteiger partial charge in [-0.25, -0.2) is 9.37 Å². The molecule has 1 saturated heterocycles. The number of nitrogens with one attached hydrogen (secondary N) is 2. The number of hydrogen-bond acceptors (Lipinski definition) is 7. The van der Waals surface area contributed by atoms with Crippen molar-refractivity contribution >= 4 is 40.0 Å². The van der Waals surface area contributed by atoms with Crippen LogP contribution < -0.4 is 21.0 Å². The lowest BCUT2D eigenvalue weighted by atomic mass is 10.2. The number of fused-ring (bicyclic) bond motifs is 1. The zero-order valence-corrected chi connectivity index (χ0v) is 19.3. The summed E-state index contributed by atoms with van der Waals surface area (Å²) in [5.41, 5.74) is 2.35. The number of amides is 1. The normalized spacial score (nSPS) is 13.4. The molecule has 1 aliphatic heterocycles. The van der Waals surface area contributed by atoms with Crippen LogP contribution in [-0.4, -0.2) is 46.7 Å². The molecule has 4 aromatic rings. The van der Waals surface area contributed by atoms with Gasteiger partial charge in [-0.3, -0.25) is 9.59 Å². The number of pyridine rings is 1. The lowest BCUT2D eigenvalue weighted by Gasteiger charge is -2.29. The maximum absolute atomic E-state index is 14.8. The number of nitrogens with zero attached hydrogens (tertiary/aromatic N) is 4. The Morgan fingerprint density at radius 1 is 1.11 bits per heavy atom. The molecule has 1 aliphatic rings. The van der Waals surface area contributed by atoms with Gasteiger partial charge in [-0.05, 0) is 42.5 Å². The monoisotopic (exact) mass is 486 g/mol. The number of morpholine rings is 1. The quantitative estimate of drug-likeness (QED) is 0.402. The molecule has 182 valence electrons. The maximum Gasteiger partial charge on any atom is 0.247 e. The molecule has 3 heterocycles. The maximum atomic E-state index is 14.8. The summed E-state index contributed by atoms with van der Waals surface area (Å²) >= 11 is 0. The fourth-order valence-corrected chi connectivity index (χ4v) is 4.00. The minimum atomic E-state index is -0.363. The Morgan fingerprint density at radius 2 is 1.94 bits per heavy atom. The first kappa shape index (κ1) is 23.2. The van der Waals surface area contributed by atoms with Gasteiger partial charge in [-0.15, -0.1) is 0 Å². The van der Waals surface area contributed by atoms with E-state index in [2.05, 4.69) is 27.2 Å². The molecule has 5 rings (SSSR count). The average Bonchev–Trinajstić information content (AvgIpc) is 2.89. The van der Waals surface area contributed by atoms with E-state index in [0.717, 1.165) is 0 Å². The molecule has 0 aliphatic carbocycles. The van der Waals surface area contributed by atoms with Crippen molar-refractivity contribution in [3.05, 3.63) is 89.6 Å². The largest absolute Gasteiger partial charge is 0.378 e. The van der Waals surface area contributed by atoms with Crippen molar-refractivity contribution in [2.45, 2.75) is 0 Å². The van der Waals surface area contributed by atoms with E-state index in [0.29, 0.717) is 60.1 Å². The fraction of sp³-hybridized carbons (Fsp3) is 0.154. The van der Waals surface area contributed by atoms with Crippen molar-refractivity contribution in [1.29, 1.82) is 0 Å². The van der Waals surface area contributed by atoms with Crippen LogP contribution in [0.2, 0.25) is 0 Å². The van der Waals surface area contributed by atoms with E-state index in [-0.39, 0.29) is 23.1 Å². The van der Waals surface area contributed by atoms with Crippen LogP contribution >= 0.6 is 0 Å². The lowest BCUT2D eigenvalue weighted by Crippen LogP contribution is -2.36. The van der Waals surface area contributed by atoms with Crippen molar-refractivity contribution in [3.8, 4) is 5.69 Å². The van der Waals surface area contributed by atoms with Gasteiger partial charge in [0.1, 0.15) is 5.82 Å². The van der Waals surface area contributed by atoms with Crippen molar-refractivity contribution < 1.29 is 13.9 Å². The van der Waals surface area contributed by atoms with Crippen LogP contribution in [0.4, 0.5) is 27.4 Å². The summed E-state index contributed by atoms with van der Waals surface area (Å²) in [5.74, 6) is -0.493. The number of ether oxygens (including phenoxy) is 1. The third-order valence-electron chi connectivity index (χ3n) is 5.77. The van der Waals surface area contributed by atoms with Crippen LogP contribution in [0.5, 0.6) is 0 Å². The molecular weight excluding hydrogens is 463 g/mol. The first-order chi connectivity index (χ1) is 17.5. The van der Waals surface area contributed by atoms with Gasteiger partial charge in [0.2, 0.25) is 11.9 Å². The summed E-state index contributed by atoms with van der Waals surface area (Å²) in [4.78, 5) is 34.9. The third kappa shape index (κ3) is 4.80. The number of halogens is 1. The first-order valence-electron chi connectivity index (χ1n) is 11.3. The molecule has 10 heteroatoms. The molecule has 0 atom stereocenters. The minimum Gasteiger partial charge on any atom is -0.378 e. The number of carbonyl (C=O) groups is 1. The number of carbonyl (C=O) groups excluding carboxylic acids is 1. The Morgan fingerprint density at radius 3 is 2.72 bits per heavy atom. The van der Waals surface area contributed by atoms with Crippen LogP contribution in [0.25, 0.3) is 16.7 Å². The van der Waals surface area contributed by atoms with E-state index in [1.54, 1.807) is 41.1 Å². The molecule has 0 spiro atoms. The van der Waals surface area contributed by atoms with Gasteiger partial charge in [-0.1, -0.05) is 12.6 Å². The average molecular weight is 487 g/mol. The standard InChI is InChI=1S/C26H23FN6O3/c1-2-24(35)29-17-4-3-5-19(14-17)33-9-8-23(34)20-16-28-26(31-25(20)33)30-18-6-7-22(21(27)15-18)32-10-12-36-13-11-32/h2-9,14-16H,1,10-13H2,(H,29,35)(H,28,30,31). The predicted octanol–water partition coefficient (Wildman–Crippen LogP) is 3.62. The summed E-state index contributed by atoms with van der Waals surface area (Å²) in [6, 6.07) is 13.4. The van der Waals surface area contributed by atoms with Gasteiger partial charge in [0.25, 0.3) is 0 Å². The first-order valence-corrected chi connectivity index (χ1v) is 11.3. The van der Waals surface area contributed by atoms with Crippen molar-refractivity contribution in [3.63, 3.8) is 0 Å². The highest BCUT2D eigenvalue weighted by Gasteiger charge is 2.16. The van der Waals surface area contributed by atoms with Gasteiger partial charge in [0.15, 0.2) is 11.1 Å². The summed E-state index contributed by atoms with van der Waals surface area (Å²) in [5, 5.41) is 6.05. The summed E-state index contributed by atoms with van der Waals surface area (Å²) in [7, 11) is 0. The van der Waals surface area contributed by atoms with E-state index in [4.69, 9.17) is 4.74 Å². The van der Waals surface area contributed by atoms with Crippen LogP contribution in [0.3, 0.4) is 0 Å². The summed E-state index contributed by atoms with van der Waals surface area (Å²) < 4.78 is 21.9. The third-order valence-corrected chi connectivity index (χ3v) is 5.77. The zero-order chi connectivity index (χ0) is 25.1. The van der Waals surface area contributed by atoms with Gasteiger partial charge in [-0.2, -0.15) is 4.98 Å². The Bertz CT molecular complexity index is 1510. The highest BCUT2D eigenvalue weighted by molar-refractivity contribution is 5.99. The summed E-state index contributed by atoms with van der Waals surface area (Å²) in [6.07, 6.45) is 4.22. The van der Waals surface area contributed by atoms with Crippen LogP contribution in [-0.2, 0) is 9.53 Å². The van der Waals surface area contributed by atoms with Crippen LogP contribution in [0.15, 0.2) is 78.4 Å². The van der Waals surface area contributed by atoms with Gasteiger partial charge < -0.3 is 24.8 Å². The zero-order valence-electron chi connectivity index (χ0n) is 19.3. The number of anilines is 4. The smallest absolute Gasteiger partial charge is 0.247 e. The highest BCUT2D eigenvalue weighted by Crippen LogP contribution is 2.26. The second-order valence-electron chi connectivity index (χ2n) is 8.12. The van der Waals surface area contributed by atoms with Gasteiger partial charge in [0.05, 0.1) is 24.3 Å². The molecule has 2 N–H and O–H groups in total. The van der Waals surface area contributed by atoms with E-state index in [9.17, 15) is 14.0 Å². The highest BCUT2D eigenvalue weighted by atomic mass is 19.1. The second kappa shape index (κ2) is 9.96. The molecule has 0 unspecified atom stereocenters. The molecule has 1 amide bonds.